The fourth-order valence-electron chi connectivity index (χ4n) is 5.92. The van der Waals surface area contributed by atoms with E-state index >= 15 is 0 Å². The molecule has 3 aromatic rings. The lowest BCUT2D eigenvalue weighted by molar-refractivity contribution is -0.137. The molecule has 10 heteroatoms. The SMILES string of the molecule is Cc1c(Cl)cccc1N1C(=O)[C@@H]2[C@H](C1=O)[C@H]1c3ccccc3C=CN1[C@H]2C(=O)Nc1cccc(C(F)(F)F)c1. The van der Waals surface area contributed by atoms with Crippen LogP contribution in [0.2, 0.25) is 5.02 Å². The van der Waals surface area contributed by atoms with Crippen LogP contribution in [0.4, 0.5) is 24.5 Å². The molecule has 3 aliphatic heterocycles. The van der Waals surface area contributed by atoms with Crippen molar-refractivity contribution in [2.45, 2.75) is 25.2 Å². The van der Waals surface area contributed by atoms with Crippen molar-refractivity contribution in [3.05, 3.63) is 100 Å². The molecule has 0 bridgehead atoms. The van der Waals surface area contributed by atoms with Crippen LogP contribution in [0.5, 0.6) is 0 Å². The van der Waals surface area contributed by atoms with Crippen LogP contribution in [-0.2, 0) is 20.6 Å². The monoisotopic (exact) mass is 551 g/mol. The molecule has 3 aromatic carbocycles. The molecule has 39 heavy (non-hydrogen) atoms. The van der Waals surface area contributed by atoms with Crippen LogP contribution in [0.1, 0.15) is 28.3 Å². The van der Waals surface area contributed by atoms with E-state index in [1.165, 1.54) is 12.1 Å². The van der Waals surface area contributed by atoms with Crippen molar-refractivity contribution in [1.82, 2.24) is 4.90 Å². The molecule has 6 nitrogen and oxygen atoms in total. The minimum absolute atomic E-state index is 0.0597. The molecule has 0 spiro atoms. The fourth-order valence-corrected chi connectivity index (χ4v) is 6.09. The van der Waals surface area contributed by atoms with Crippen LogP contribution in [0.3, 0.4) is 0 Å². The van der Waals surface area contributed by atoms with Gasteiger partial charge in [-0.2, -0.15) is 13.2 Å². The maximum absolute atomic E-state index is 14.0. The molecule has 1 N–H and O–H groups in total. The predicted molar refractivity (Wildman–Crippen MR) is 140 cm³/mol. The van der Waals surface area contributed by atoms with Gasteiger partial charge in [0.2, 0.25) is 17.7 Å². The lowest BCUT2D eigenvalue weighted by Gasteiger charge is -2.35. The van der Waals surface area contributed by atoms with Crippen LogP contribution < -0.4 is 10.2 Å². The molecule has 4 atom stereocenters. The lowest BCUT2D eigenvalue weighted by atomic mass is 9.84. The fraction of sp³-hybridized carbons (Fsp3) is 0.207. The summed E-state index contributed by atoms with van der Waals surface area (Å²) >= 11 is 6.29. The first-order valence-corrected chi connectivity index (χ1v) is 12.6. The average molecular weight is 552 g/mol. The predicted octanol–water partition coefficient (Wildman–Crippen LogP) is 5.82. The highest BCUT2D eigenvalue weighted by atomic mass is 35.5. The Hall–Kier alpha value is -4.11. The van der Waals surface area contributed by atoms with Gasteiger partial charge >= 0.3 is 6.18 Å². The Morgan fingerprint density at radius 2 is 1.67 bits per heavy atom. The highest BCUT2D eigenvalue weighted by Crippen LogP contribution is 2.53. The molecule has 0 aliphatic carbocycles. The Morgan fingerprint density at radius 1 is 0.949 bits per heavy atom. The van der Waals surface area contributed by atoms with Crippen molar-refractivity contribution in [1.29, 1.82) is 0 Å². The highest BCUT2D eigenvalue weighted by molar-refractivity contribution is 6.32. The van der Waals surface area contributed by atoms with Gasteiger partial charge in [-0.05, 0) is 60.0 Å². The summed E-state index contributed by atoms with van der Waals surface area (Å²) in [5, 5.41) is 2.94. The zero-order chi connectivity index (χ0) is 27.6. The zero-order valence-electron chi connectivity index (χ0n) is 20.4. The number of carbonyl (C=O) groups is 3. The van der Waals surface area contributed by atoms with E-state index in [1.807, 2.05) is 24.3 Å². The van der Waals surface area contributed by atoms with Crippen molar-refractivity contribution in [3.63, 3.8) is 0 Å². The number of hydrogen-bond acceptors (Lipinski definition) is 4. The summed E-state index contributed by atoms with van der Waals surface area (Å²) in [6, 6.07) is 14.9. The third-order valence-corrected chi connectivity index (χ3v) is 8.08. The van der Waals surface area contributed by atoms with E-state index < -0.39 is 53.4 Å². The van der Waals surface area contributed by atoms with E-state index in [9.17, 15) is 27.6 Å². The van der Waals surface area contributed by atoms with Gasteiger partial charge in [0.15, 0.2) is 0 Å². The highest BCUT2D eigenvalue weighted by Gasteiger charge is 2.64. The summed E-state index contributed by atoms with van der Waals surface area (Å²) in [5.41, 5.74) is 1.56. The third-order valence-electron chi connectivity index (χ3n) is 7.67. The molecule has 3 aliphatic rings. The molecule has 3 amide bonds. The van der Waals surface area contributed by atoms with Crippen LogP contribution in [0.25, 0.3) is 6.08 Å². The zero-order valence-corrected chi connectivity index (χ0v) is 21.2. The molecular formula is C29H21ClF3N3O3. The van der Waals surface area contributed by atoms with E-state index in [0.29, 0.717) is 16.3 Å². The van der Waals surface area contributed by atoms with Gasteiger partial charge in [0.25, 0.3) is 0 Å². The number of benzene rings is 3. The Balaban J connectivity index is 1.43. The van der Waals surface area contributed by atoms with Gasteiger partial charge in [-0.25, -0.2) is 4.90 Å². The minimum Gasteiger partial charge on any atom is -0.357 e. The molecule has 0 aromatic heterocycles. The summed E-state index contributed by atoms with van der Waals surface area (Å²) in [5.74, 6) is -3.65. The first-order valence-electron chi connectivity index (χ1n) is 12.2. The van der Waals surface area contributed by atoms with Gasteiger partial charge in [-0.1, -0.05) is 48.0 Å². The van der Waals surface area contributed by atoms with Crippen LogP contribution >= 0.6 is 11.6 Å². The summed E-state index contributed by atoms with van der Waals surface area (Å²) in [6.45, 7) is 1.70. The smallest absolute Gasteiger partial charge is 0.357 e. The van der Waals surface area contributed by atoms with Gasteiger partial charge < -0.3 is 10.2 Å². The number of alkyl halides is 3. The standard InChI is InChI=1S/C29H21ClF3N3O3/c1-15-20(30)10-5-11-21(15)36-27(38)22-23(28(36)39)25(35-13-12-16-6-2-3-9-19(16)24(22)35)26(37)34-18-8-4-7-17(14-18)29(31,32)33/h2-14,22-25H,1H3,(H,34,37)/t22-,23+,24+,25+/m0/s1. The summed E-state index contributed by atoms with van der Waals surface area (Å²) in [7, 11) is 0. The minimum atomic E-state index is -4.59. The van der Waals surface area contributed by atoms with Crippen molar-refractivity contribution in [3.8, 4) is 0 Å². The molecule has 2 fully saturated rings. The molecule has 0 unspecified atom stereocenters. The maximum Gasteiger partial charge on any atom is 0.416 e. The van der Waals surface area contributed by atoms with E-state index in [4.69, 9.17) is 11.6 Å². The second-order valence-electron chi connectivity index (χ2n) is 9.80. The van der Waals surface area contributed by atoms with E-state index in [2.05, 4.69) is 5.32 Å². The van der Waals surface area contributed by atoms with E-state index in [-0.39, 0.29) is 5.69 Å². The van der Waals surface area contributed by atoms with Gasteiger partial charge in [0, 0.05) is 16.9 Å². The second kappa shape index (κ2) is 8.98. The molecule has 198 valence electrons. The lowest BCUT2D eigenvalue weighted by Crippen LogP contribution is -2.46. The third kappa shape index (κ3) is 3.91. The van der Waals surface area contributed by atoms with Crippen molar-refractivity contribution in [2.24, 2.45) is 11.8 Å². The van der Waals surface area contributed by atoms with Crippen LogP contribution in [0.15, 0.2) is 72.9 Å². The molecule has 0 saturated carbocycles. The summed E-state index contributed by atoms with van der Waals surface area (Å²) in [6.07, 6.45) is -1.12. The first-order chi connectivity index (χ1) is 18.6. The van der Waals surface area contributed by atoms with Crippen LogP contribution in [0, 0.1) is 18.8 Å². The number of nitrogens with one attached hydrogen (secondary N) is 1. The quantitative estimate of drug-likeness (QED) is 0.416. The molecule has 2 saturated heterocycles. The maximum atomic E-state index is 14.0. The normalized spacial score (nSPS) is 23.5. The number of hydrogen-bond donors (Lipinski definition) is 1. The van der Waals surface area contributed by atoms with Crippen LogP contribution in [-0.4, -0.2) is 28.7 Å². The Kier molecular flexibility index (Phi) is 5.80. The van der Waals surface area contributed by atoms with Gasteiger partial charge in [-0.15, -0.1) is 0 Å². The van der Waals surface area contributed by atoms with Gasteiger partial charge in [0.05, 0.1) is 29.1 Å². The summed E-state index contributed by atoms with van der Waals surface area (Å²) in [4.78, 5) is 44.4. The van der Waals surface area contributed by atoms with Crippen molar-refractivity contribution >= 4 is 46.8 Å². The second-order valence-corrected chi connectivity index (χ2v) is 10.2. The van der Waals surface area contributed by atoms with Gasteiger partial charge in [0.1, 0.15) is 6.04 Å². The largest absolute Gasteiger partial charge is 0.416 e. The molecular weight excluding hydrogens is 531 g/mol. The van der Waals surface area contributed by atoms with E-state index in [1.54, 1.807) is 42.3 Å². The van der Waals surface area contributed by atoms with Crippen molar-refractivity contribution in [2.75, 3.05) is 10.2 Å². The van der Waals surface area contributed by atoms with E-state index in [0.717, 1.165) is 28.2 Å². The molecule has 3 heterocycles. The Labute approximate surface area is 226 Å². The first kappa shape index (κ1) is 25.2. The number of carbonyl (C=O) groups excluding carboxylic acids is 3. The number of imide groups is 1. The number of rotatable bonds is 3. The van der Waals surface area contributed by atoms with Crippen molar-refractivity contribution < 1.29 is 27.6 Å². The number of amides is 3. The summed E-state index contributed by atoms with van der Waals surface area (Å²) < 4.78 is 39.8. The number of fused-ring (bicyclic) bond motifs is 5. The number of anilines is 2. The number of nitrogens with zero attached hydrogens (tertiary/aromatic N) is 2. The molecule has 0 radical (unpaired) electrons. The topological polar surface area (TPSA) is 69.7 Å². The Bertz CT molecular complexity index is 1570. The number of halogens is 4. The molecule has 6 rings (SSSR count). The van der Waals surface area contributed by atoms with Gasteiger partial charge in [-0.3, -0.25) is 14.4 Å². The average Bonchev–Trinajstić information content (AvgIpc) is 3.38. The Morgan fingerprint density at radius 3 is 2.44 bits per heavy atom.